The lowest BCUT2D eigenvalue weighted by molar-refractivity contribution is -0.121. The number of nitrogens with one attached hydrogen (secondary N) is 1. The molecule has 1 heterocycles. The van der Waals surface area contributed by atoms with E-state index in [1.807, 2.05) is 0 Å². The monoisotopic (exact) mass is 286 g/mol. The van der Waals surface area contributed by atoms with Gasteiger partial charge in [0.15, 0.2) is 9.84 Å². The van der Waals surface area contributed by atoms with Gasteiger partial charge in [0.05, 0.1) is 11.5 Å². The number of sulfone groups is 1. The number of hydrogen-bond donors (Lipinski definition) is 1. The minimum Gasteiger partial charge on any atom is -0.273 e. The van der Waals surface area contributed by atoms with E-state index in [4.69, 9.17) is 0 Å². The molecule has 1 saturated carbocycles. The van der Waals surface area contributed by atoms with Gasteiger partial charge in [0, 0.05) is 12.1 Å². The molecule has 1 aliphatic heterocycles. The summed E-state index contributed by atoms with van der Waals surface area (Å²) in [6.45, 7) is 2.19. The van der Waals surface area contributed by atoms with E-state index in [0.29, 0.717) is 12.3 Å². The standard InChI is InChI=1S/C13H22N2O3S/c1-10-3-2-4-12(7-10)14-15-13(16)8-11-5-6-19(17,18)9-11/h10-11H,2-9H2,1H3,(H,15,16)/b14-12+/t10-,11+/m1/s1. The van der Waals surface area contributed by atoms with Crippen LogP contribution in [0.3, 0.4) is 0 Å². The van der Waals surface area contributed by atoms with Crippen LogP contribution in [0.25, 0.3) is 0 Å². The summed E-state index contributed by atoms with van der Waals surface area (Å²) in [6.07, 6.45) is 5.15. The number of rotatable bonds is 3. The van der Waals surface area contributed by atoms with E-state index < -0.39 is 9.84 Å². The van der Waals surface area contributed by atoms with Gasteiger partial charge in [-0.1, -0.05) is 6.92 Å². The number of hydrogen-bond acceptors (Lipinski definition) is 4. The molecule has 0 unspecified atom stereocenters. The third-order valence-electron chi connectivity index (χ3n) is 3.89. The zero-order valence-corrected chi connectivity index (χ0v) is 12.2. The van der Waals surface area contributed by atoms with Crippen LogP contribution in [0.15, 0.2) is 5.10 Å². The fraction of sp³-hybridized carbons (Fsp3) is 0.846. The Morgan fingerprint density at radius 2 is 2.21 bits per heavy atom. The predicted molar refractivity (Wildman–Crippen MR) is 74.6 cm³/mol. The van der Waals surface area contributed by atoms with E-state index >= 15 is 0 Å². The smallest absolute Gasteiger partial charge is 0.240 e. The number of carbonyl (C=O) groups excluding carboxylic acids is 1. The molecule has 2 aliphatic rings. The minimum atomic E-state index is -2.90. The van der Waals surface area contributed by atoms with E-state index in [9.17, 15) is 13.2 Å². The highest BCUT2D eigenvalue weighted by atomic mass is 32.2. The molecule has 6 heteroatoms. The minimum absolute atomic E-state index is 0.0320. The van der Waals surface area contributed by atoms with Gasteiger partial charge in [-0.25, -0.2) is 13.8 Å². The fourth-order valence-corrected chi connectivity index (χ4v) is 4.71. The number of hydrazone groups is 1. The Hall–Kier alpha value is -0.910. The van der Waals surface area contributed by atoms with Crippen molar-refractivity contribution < 1.29 is 13.2 Å². The van der Waals surface area contributed by atoms with Gasteiger partial charge in [0.25, 0.3) is 0 Å². The normalized spacial score (nSPS) is 32.4. The third kappa shape index (κ3) is 4.60. The molecular formula is C13H22N2O3S. The van der Waals surface area contributed by atoms with Crippen molar-refractivity contribution in [3.05, 3.63) is 0 Å². The molecular weight excluding hydrogens is 264 g/mol. The molecule has 19 heavy (non-hydrogen) atoms. The Bertz CT molecular complexity index is 470. The summed E-state index contributed by atoms with van der Waals surface area (Å²) < 4.78 is 22.6. The molecule has 5 nitrogen and oxygen atoms in total. The Balaban J connectivity index is 1.77. The van der Waals surface area contributed by atoms with Gasteiger partial charge in [0.2, 0.25) is 5.91 Å². The van der Waals surface area contributed by atoms with Gasteiger partial charge in [-0.2, -0.15) is 5.10 Å². The molecule has 0 radical (unpaired) electrons. The molecule has 0 aromatic heterocycles. The zero-order chi connectivity index (χ0) is 13.9. The molecule has 2 fully saturated rings. The van der Waals surface area contributed by atoms with Crippen LogP contribution in [0.1, 0.15) is 45.4 Å². The van der Waals surface area contributed by atoms with Crippen molar-refractivity contribution in [2.75, 3.05) is 11.5 Å². The van der Waals surface area contributed by atoms with Crippen LogP contribution in [0.2, 0.25) is 0 Å². The lowest BCUT2D eigenvalue weighted by Crippen LogP contribution is -2.24. The van der Waals surface area contributed by atoms with E-state index in [-0.39, 0.29) is 29.8 Å². The zero-order valence-electron chi connectivity index (χ0n) is 11.4. The Morgan fingerprint density at radius 1 is 1.42 bits per heavy atom. The molecule has 2 atom stereocenters. The van der Waals surface area contributed by atoms with Crippen molar-refractivity contribution in [1.82, 2.24) is 5.43 Å². The van der Waals surface area contributed by atoms with E-state index in [2.05, 4.69) is 17.5 Å². The molecule has 1 saturated heterocycles. The van der Waals surface area contributed by atoms with Crippen molar-refractivity contribution in [2.45, 2.75) is 45.4 Å². The summed E-state index contributed by atoms with van der Waals surface area (Å²) in [6, 6.07) is 0. The highest BCUT2D eigenvalue weighted by molar-refractivity contribution is 7.91. The quantitative estimate of drug-likeness (QED) is 0.799. The second-order valence-electron chi connectivity index (χ2n) is 5.89. The summed E-state index contributed by atoms with van der Waals surface area (Å²) in [4.78, 5) is 11.7. The summed E-state index contributed by atoms with van der Waals surface area (Å²) in [5.41, 5.74) is 3.64. The topological polar surface area (TPSA) is 75.6 Å². The van der Waals surface area contributed by atoms with Crippen LogP contribution in [0, 0.1) is 11.8 Å². The maximum Gasteiger partial charge on any atom is 0.240 e. The maximum atomic E-state index is 11.7. The molecule has 0 aromatic rings. The Morgan fingerprint density at radius 3 is 2.84 bits per heavy atom. The highest BCUT2D eigenvalue weighted by Gasteiger charge is 2.29. The first kappa shape index (κ1) is 14.5. The van der Waals surface area contributed by atoms with Crippen LogP contribution in [0.5, 0.6) is 0 Å². The van der Waals surface area contributed by atoms with Gasteiger partial charge in [-0.3, -0.25) is 4.79 Å². The molecule has 0 spiro atoms. The molecule has 1 amide bonds. The first-order valence-electron chi connectivity index (χ1n) is 6.99. The SMILES string of the molecule is C[C@@H]1CCC/C(=N\NC(=O)C[C@@H]2CCS(=O)(=O)C2)C1. The first-order chi connectivity index (χ1) is 8.94. The second kappa shape index (κ2) is 6.03. The molecule has 108 valence electrons. The third-order valence-corrected chi connectivity index (χ3v) is 5.72. The maximum absolute atomic E-state index is 11.7. The number of amides is 1. The van der Waals surface area contributed by atoms with Crippen LogP contribution < -0.4 is 5.43 Å². The van der Waals surface area contributed by atoms with Crippen LogP contribution in [-0.2, 0) is 14.6 Å². The Labute approximate surface area is 114 Å². The van der Waals surface area contributed by atoms with E-state index in [1.165, 1.54) is 6.42 Å². The van der Waals surface area contributed by atoms with Crippen LogP contribution in [-0.4, -0.2) is 31.5 Å². The predicted octanol–water partition coefficient (Wildman–Crippen LogP) is 1.49. The molecule has 1 N–H and O–H groups in total. The number of carbonyl (C=O) groups is 1. The summed E-state index contributed by atoms with van der Waals surface area (Å²) in [7, 11) is -2.90. The molecule has 0 aromatic carbocycles. The molecule has 0 bridgehead atoms. The van der Waals surface area contributed by atoms with Crippen molar-refractivity contribution in [2.24, 2.45) is 16.9 Å². The number of nitrogens with zero attached hydrogens (tertiary/aromatic N) is 1. The van der Waals surface area contributed by atoms with Crippen molar-refractivity contribution in [1.29, 1.82) is 0 Å². The van der Waals surface area contributed by atoms with Gasteiger partial charge in [-0.15, -0.1) is 0 Å². The molecule has 2 rings (SSSR count). The van der Waals surface area contributed by atoms with Gasteiger partial charge in [-0.05, 0) is 43.9 Å². The largest absolute Gasteiger partial charge is 0.273 e. The second-order valence-corrected chi connectivity index (χ2v) is 8.12. The van der Waals surface area contributed by atoms with Crippen LogP contribution >= 0.6 is 0 Å². The van der Waals surface area contributed by atoms with Crippen LogP contribution in [0.4, 0.5) is 0 Å². The summed E-state index contributed by atoms with van der Waals surface area (Å²) >= 11 is 0. The van der Waals surface area contributed by atoms with Gasteiger partial charge in [0.1, 0.15) is 0 Å². The van der Waals surface area contributed by atoms with E-state index in [1.54, 1.807) is 0 Å². The lowest BCUT2D eigenvalue weighted by atomic mass is 9.89. The lowest BCUT2D eigenvalue weighted by Gasteiger charge is -2.19. The molecule has 1 aliphatic carbocycles. The summed E-state index contributed by atoms with van der Waals surface area (Å²) in [5, 5.41) is 4.18. The van der Waals surface area contributed by atoms with Gasteiger partial charge < -0.3 is 0 Å². The van der Waals surface area contributed by atoms with Crippen molar-refractivity contribution in [3.63, 3.8) is 0 Å². The fourth-order valence-electron chi connectivity index (χ4n) is 2.84. The van der Waals surface area contributed by atoms with Crippen molar-refractivity contribution in [3.8, 4) is 0 Å². The van der Waals surface area contributed by atoms with E-state index in [0.717, 1.165) is 25.0 Å². The average Bonchev–Trinajstić information content (AvgIpc) is 2.66. The summed E-state index contributed by atoms with van der Waals surface area (Å²) in [5.74, 6) is 0.818. The average molecular weight is 286 g/mol. The van der Waals surface area contributed by atoms with Gasteiger partial charge >= 0.3 is 0 Å². The first-order valence-corrected chi connectivity index (χ1v) is 8.81. The van der Waals surface area contributed by atoms with Crippen molar-refractivity contribution >= 4 is 21.5 Å². The Kier molecular flexibility index (Phi) is 4.60. The highest BCUT2D eigenvalue weighted by Crippen LogP contribution is 2.22.